The fraction of sp³-hybridized carbons (Fsp3) is 0.143. The third-order valence-corrected chi connectivity index (χ3v) is 2.96. The predicted octanol–water partition coefficient (Wildman–Crippen LogP) is 3.31. The highest BCUT2D eigenvalue weighted by atomic mass is 35.5. The first kappa shape index (κ1) is 13.4. The van der Waals surface area contributed by atoms with Crippen molar-refractivity contribution >= 4 is 23.7 Å². The number of rotatable bonds is 3. The molecule has 0 atom stereocenters. The minimum atomic E-state index is -0.318. The zero-order valence-electron chi connectivity index (χ0n) is 10.6. The SMILES string of the molecule is Cc1ccc(/C=N\NC(=O)c2ccc(C)c(Cl)c2)o1. The number of benzene rings is 1. The molecule has 2 aromatic rings. The molecule has 0 aliphatic carbocycles. The summed E-state index contributed by atoms with van der Waals surface area (Å²) >= 11 is 5.96. The summed E-state index contributed by atoms with van der Waals surface area (Å²) in [6.07, 6.45) is 1.45. The Morgan fingerprint density at radius 2 is 2.11 bits per heavy atom. The molecule has 0 fully saturated rings. The molecule has 0 spiro atoms. The summed E-state index contributed by atoms with van der Waals surface area (Å²) in [6.45, 7) is 3.71. The molecular weight excluding hydrogens is 264 g/mol. The van der Waals surface area contributed by atoms with Crippen LogP contribution < -0.4 is 5.43 Å². The number of hydrazone groups is 1. The summed E-state index contributed by atoms with van der Waals surface area (Å²) < 4.78 is 5.28. The van der Waals surface area contributed by atoms with Gasteiger partial charge in [0.1, 0.15) is 11.5 Å². The summed E-state index contributed by atoms with van der Waals surface area (Å²) in [5.74, 6) is 1.05. The standard InChI is InChI=1S/C14H13ClN2O2/c1-9-3-5-11(7-13(9)15)14(18)17-16-8-12-6-4-10(2)19-12/h3-8H,1-2H3,(H,17,18)/b16-8-. The Labute approximate surface area is 116 Å². The van der Waals surface area contributed by atoms with E-state index in [1.807, 2.05) is 19.9 Å². The Bertz CT molecular complexity index is 632. The lowest BCUT2D eigenvalue weighted by molar-refractivity contribution is 0.0955. The molecule has 0 bridgehead atoms. The van der Waals surface area contributed by atoms with Crippen molar-refractivity contribution in [3.63, 3.8) is 0 Å². The number of nitrogens with zero attached hydrogens (tertiary/aromatic N) is 1. The number of furan rings is 1. The lowest BCUT2D eigenvalue weighted by Gasteiger charge is -2.02. The number of amides is 1. The largest absolute Gasteiger partial charge is 0.460 e. The third kappa shape index (κ3) is 3.45. The number of nitrogens with one attached hydrogen (secondary N) is 1. The normalized spacial score (nSPS) is 10.9. The Balaban J connectivity index is 2.01. The van der Waals surface area contributed by atoms with Crippen LogP contribution in [-0.4, -0.2) is 12.1 Å². The number of hydrogen-bond acceptors (Lipinski definition) is 3. The number of aryl methyl sites for hydroxylation is 2. The number of carbonyl (C=O) groups excluding carboxylic acids is 1. The van der Waals surface area contributed by atoms with Gasteiger partial charge in [0, 0.05) is 10.6 Å². The molecule has 0 aliphatic rings. The molecule has 0 unspecified atom stereocenters. The molecular formula is C14H13ClN2O2. The molecule has 2 rings (SSSR count). The molecule has 0 radical (unpaired) electrons. The van der Waals surface area contributed by atoms with Gasteiger partial charge in [-0.1, -0.05) is 17.7 Å². The maximum absolute atomic E-state index is 11.8. The Morgan fingerprint density at radius 3 is 2.74 bits per heavy atom. The minimum Gasteiger partial charge on any atom is -0.460 e. The van der Waals surface area contributed by atoms with Crippen molar-refractivity contribution in [2.45, 2.75) is 13.8 Å². The Morgan fingerprint density at radius 1 is 1.32 bits per heavy atom. The zero-order chi connectivity index (χ0) is 13.8. The smallest absolute Gasteiger partial charge is 0.271 e. The minimum absolute atomic E-state index is 0.318. The Hall–Kier alpha value is -2.07. The van der Waals surface area contributed by atoms with Crippen molar-refractivity contribution in [3.05, 3.63) is 58.0 Å². The van der Waals surface area contributed by atoms with Crippen LogP contribution in [0.15, 0.2) is 39.9 Å². The average Bonchev–Trinajstić information content (AvgIpc) is 2.78. The van der Waals surface area contributed by atoms with Crippen molar-refractivity contribution in [1.29, 1.82) is 0 Å². The molecule has 0 saturated heterocycles. The highest BCUT2D eigenvalue weighted by molar-refractivity contribution is 6.31. The monoisotopic (exact) mass is 276 g/mol. The lowest BCUT2D eigenvalue weighted by atomic mass is 10.1. The van der Waals surface area contributed by atoms with Crippen molar-refractivity contribution in [3.8, 4) is 0 Å². The highest BCUT2D eigenvalue weighted by Crippen LogP contribution is 2.16. The number of hydrogen-bond donors (Lipinski definition) is 1. The molecule has 1 amide bonds. The van der Waals surface area contributed by atoms with Crippen molar-refractivity contribution in [1.82, 2.24) is 5.43 Å². The van der Waals surface area contributed by atoms with Crippen LogP contribution in [0.4, 0.5) is 0 Å². The van der Waals surface area contributed by atoms with Gasteiger partial charge in [0.05, 0.1) is 6.21 Å². The van der Waals surface area contributed by atoms with Crippen molar-refractivity contribution in [2.75, 3.05) is 0 Å². The Kier molecular flexibility index (Phi) is 4.02. The molecule has 19 heavy (non-hydrogen) atoms. The molecule has 1 N–H and O–H groups in total. The summed E-state index contributed by atoms with van der Waals surface area (Å²) in [7, 11) is 0. The predicted molar refractivity (Wildman–Crippen MR) is 74.7 cm³/mol. The van der Waals surface area contributed by atoms with E-state index >= 15 is 0 Å². The third-order valence-electron chi connectivity index (χ3n) is 2.55. The van der Waals surface area contributed by atoms with Gasteiger partial charge in [0.15, 0.2) is 0 Å². The van der Waals surface area contributed by atoms with Gasteiger partial charge in [-0.3, -0.25) is 4.79 Å². The van der Waals surface area contributed by atoms with Gasteiger partial charge in [0.2, 0.25) is 0 Å². The van der Waals surface area contributed by atoms with Crippen LogP contribution in [0.2, 0.25) is 5.02 Å². The van der Waals surface area contributed by atoms with Crippen LogP contribution >= 0.6 is 11.6 Å². The lowest BCUT2D eigenvalue weighted by Crippen LogP contribution is -2.17. The van der Waals surface area contributed by atoms with Crippen LogP contribution in [0.1, 0.15) is 27.4 Å². The number of halogens is 1. The van der Waals surface area contributed by atoms with Crippen LogP contribution in [-0.2, 0) is 0 Å². The summed E-state index contributed by atoms with van der Waals surface area (Å²) in [5, 5.41) is 4.38. The quantitative estimate of drug-likeness (QED) is 0.691. The van der Waals surface area contributed by atoms with Crippen molar-refractivity contribution < 1.29 is 9.21 Å². The first-order chi connectivity index (χ1) is 9.06. The molecule has 98 valence electrons. The van der Waals surface area contributed by atoms with E-state index in [4.69, 9.17) is 16.0 Å². The van der Waals surface area contributed by atoms with Crippen LogP contribution in [0.3, 0.4) is 0 Å². The molecule has 1 aromatic heterocycles. The van der Waals surface area contributed by atoms with Gasteiger partial charge in [-0.15, -0.1) is 0 Å². The molecule has 1 heterocycles. The van der Waals surface area contributed by atoms with Gasteiger partial charge in [-0.25, -0.2) is 5.43 Å². The van der Waals surface area contributed by atoms with Gasteiger partial charge in [-0.05, 0) is 43.7 Å². The maximum atomic E-state index is 11.8. The molecule has 4 nitrogen and oxygen atoms in total. The fourth-order valence-electron chi connectivity index (χ4n) is 1.48. The average molecular weight is 277 g/mol. The van der Waals surface area contributed by atoms with E-state index in [1.54, 1.807) is 24.3 Å². The summed E-state index contributed by atoms with van der Waals surface area (Å²) in [6, 6.07) is 8.69. The van der Waals surface area contributed by atoms with E-state index < -0.39 is 0 Å². The molecule has 1 aromatic carbocycles. The van der Waals surface area contributed by atoms with Gasteiger partial charge in [-0.2, -0.15) is 5.10 Å². The van der Waals surface area contributed by atoms with Gasteiger partial charge in [0.25, 0.3) is 5.91 Å². The van der Waals surface area contributed by atoms with Gasteiger partial charge < -0.3 is 4.42 Å². The second-order valence-electron chi connectivity index (χ2n) is 4.11. The van der Waals surface area contributed by atoms with Crippen molar-refractivity contribution in [2.24, 2.45) is 5.10 Å². The topological polar surface area (TPSA) is 54.6 Å². The maximum Gasteiger partial charge on any atom is 0.271 e. The highest BCUT2D eigenvalue weighted by Gasteiger charge is 2.06. The number of carbonyl (C=O) groups is 1. The zero-order valence-corrected chi connectivity index (χ0v) is 11.4. The van der Waals surface area contributed by atoms with Crippen LogP contribution in [0, 0.1) is 13.8 Å². The van der Waals surface area contributed by atoms with Crippen LogP contribution in [0.25, 0.3) is 0 Å². The molecule has 5 heteroatoms. The van der Waals surface area contributed by atoms with E-state index in [-0.39, 0.29) is 5.91 Å². The first-order valence-corrected chi connectivity index (χ1v) is 6.10. The van der Waals surface area contributed by atoms with Crippen LogP contribution in [0.5, 0.6) is 0 Å². The molecule has 0 aliphatic heterocycles. The van der Waals surface area contributed by atoms with Gasteiger partial charge >= 0.3 is 0 Å². The first-order valence-electron chi connectivity index (χ1n) is 5.72. The fourth-order valence-corrected chi connectivity index (χ4v) is 1.66. The summed E-state index contributed by atoms with van der Waals surface area (Å²) in [4.78, 5) is 11.8. The van der Waals surface area contributed by atoms with E-state index in [9.17, 15) is 4.79 Å². The molecule has 0 saturated carbocycles. The van der Waals surface area contributed by atoms with E-state index in [1.165, 1.54) is 6.21 Å². The summed E-state index contributed by atoms with van der Waals surface area (Å²) in [5.41, 5.74) is 3.80. The van der Waals surface area contributed by atoms with E-state index in [2.05, 4.69) is 10.5 Å². The second kappa shape index (κ2) is 5.71. The van der Waals surface area contributed by atoms with E-state index in [0.717, 1.165) is 11.3 Å². The second-order valence-corrected chi connectivity index (χ2v) is 4.52. The van der Waals surface area contributed by atoms with E-state index in [0.29, 0.717) is 16.3 Å².